The summed E-state index contributed by atoms with van der Waals surface area (Å²) in [6.45, 7) is -0.760. The van der Waals surface area contributed by atoms with Gasteiger partial charge in [0.05, 0.1) is 26.7 Å². The number of alkyl halides is 2. The van der Waals surface area contributed by atoms with Gasteiger partial charge in [-0.15, -0.1) is 0 Å². The molecular weight excluding hydrogens is 370 g/mol. The van der Waals surface area contributed by atoms with Crippen molar-refractivity contribution in [1.82, 2.24) is 19.2 Å². The zero-order chi connectivity index (χ0) is 19.9. The minimum absolute atomic E-state index is 0.353. The van der Waals surface area contributed by atoms with Crippen LogP contribution in [0.4, 0.5) is 8.78 Å². The Balaban J connectivity index is 1.50. The standard InChI is InChI=1S/C19H22F2N4O3/c1-28-14-7-5-13(6-8-14)9-10-24-18(27)25-15(3-2-4-16(25)22-24)17(26)23-11-19(20,21)12-23/h5-8,15H,2-4,9-12H2,1H3. The highest BCUT2D eigenvalue weighted by molar-refractivity contribution is 5.81. The van der Waals surface area contributed by atoms with E-state index in [1.54, 1.807) is 7.11 Å². The number of hydrogen-bond acceptors (Lipinski definition) is 4. The minimum Gasteiger partial charge on any atom is -0.497 e. The van der Waals surface area contributed by atoms with E-state index in [-0.39, 0.29) is 5.69 Å². The number of carbonyl (C=O) groups is 1. The van der Waals surface area contributed by atoms with Crippen LogP contribution in [-0.2, 0) is 24.2 Å². The van der Waals surface area contributed by atoms with Crippen LogP contribution in [0.2, 0.25) is 0 Å². The molecule has 2 aliphatic heterocycles. The van der Waals surface area contributed by atoms with Crippen molar-refractivity contribution in [3.8, 4) is 5.75 Å². The third kappa shape index (κ3) is 3.41. The van der Waals surface area contributed by atoms with E-state index in [1.807, 2.05) is 24.3 Å². The number of aromatic nitrogens is 3. The van der Waals surface area contributed by atoms with E-state index in [9.17, 15) is 18.4 Å². The zero-order valence-corrected chi connectivity index (χ0v) is 15.6. The van der Waals surface area contributed by atoms with Gasteiger partial charge in [0, 0.05) is 6.42 Å². The van der Waals surface area contributed by atoms with Gasteiger partial charge in [-0.05, 0) is 37.0 Å². The topological polar surface area (TPSA) is 69.4 Å². The van der Waals surface area contributed by atoms with Crippen molar-refractivity contribution in [2.75, 3.05) is 20.2 Å². The fourth-order valence-electron chi connectivity index (χ4n) is 3.82. The minimum atomic E-state index is -2.82. The molecule has 0 aliphatic carbocycles. The number of benzene rings is 1. The molecule has 3 heterocycles. The molecule has 0 radical (unpaired) electrons. The molecule has 1 amide bonds. The van der Waals surface area contributed by atoms with Crippen LogP contribution in [0.3, 0.4) is 0 Å². The van der Waals surface area contributed by atoms with Crippen molar-refractivity contribution in [2.24, 2.45) is 0 Å². The number of rotatable bonds is 5. The summed E-state index contributed by atoms with van der Waals surface area (Å²) in [5, 5.41) is 4.39. The Morgan fingerprint density at radius 3 is 2.64 bits per heavy atom. The molecule has 0 N–H and O–H groups in total. The average Bonchev–Trinajstić information content (AvgIpc) is 3.00. The number of hydrogen-bond donors (Lipinski definition) is 0. The first-order chi connectivity index (χ1) is 13.4. The SMILES string of the molecule is COc1ccc(CCn2nc3n(c2=O)C(C(=O)N2CC(F)(F)C2)CCC3)cc1. The number of methoxy groups -OCH3 is 1. The van der Waals surface area contributed by atoms with Crippen molar-refractivity contribution < 1.29 is 18.3 Å². The van der Waals surface area contributed by atoms with Gasteiger partial charge in [0.1, 0.15) is 17.6 Å². The Bertz CT molecular complexity index is 928. The fourth-order valence-corrected chi connectivity index (χ4v) is 3.82. The van der Waals surface area contributed by atoms with Crippen molar-refractivity contribution >= 4 is 5.91 Å². The molecule has 9 heteroatoms. The van der Waals surface area contributed by atoms with Gasteiger partial charge in [0.15, 0.2) is 0 Å². The number of amides is 1. The van der Waals surface area contributed by atoms with Gasteiger partial charge in [-0.1, -0.05) is 12.1 Å². The fraction of sp³-hybridized carbons (Fsp3) is 0.526. The van der Waals surface area contributed by atoms with Crippen molar-refractivity contribution in [3.63, 3.8) is 0 Å². The highest BCUT2D eigenvalue weighted by Crippen LogP contribution is 2.31. The summed E-state index contributed by atoms with van der Waals surface area (Å²) in [7, 11) is 1.60. The predicted molar refractivity (Wildman–Crippen MR) is 96.7 cm³/mol. The Kier molecular flexibility index (Phi) is 4.68. The Labute approximate surface area is 160 Å². The number of carbonyl (C=O) groups excluding carboxylic acids is 1. The number of ether oxygens (including phenoxy) is 1. The quantitative estimate of drug-likeness (QED) is 0.776. The Hall–Kier alpha value is -2.71. The predicted octanol–water partition coefficient (Wildman–Crippen LogP) is 1.65. The third-order valence-electron chi connectivity index (χ3n) is 5.34. The molecule has 1 aromatic heterocycles. The molecule has 1 atom stereocenters. The summed E-state index contributed by atoms with van der Waals surface area (Å²) in [5.74, 6) is -1.92. The van der Waals surface area contributed by atoms with Crippen LogP contribution in [0, 0.1) is 0 Å². The Morgan fingerprint density at radius 2 is 2.00 bits per heavy atom. The highest BCUT2D eigenvalue weighted by atomic mass is 19.3. The van der Waals surface area contributed by atoms with Crippen LogP contribution in [-0.4, -0.2) is 51.3 Å². The van der Waals surface area contributed by atoms with Gasteiger partial charge in [0.25, 0.3) is 5.92 Å². The first-order valence-corrected chi connectivity index (χ1v) is 9.36. The second-order valence-electron chi connectivity index (χ2n) is 7.35. The molecule has 1 aromatic carbocycles. The van der Waals surface area contributed by atoms with Crippen LogP contribution in [0.5, 0.6) is 5.75 Å². The number of halogens is 2. The van der Waals surface area contributed by atoms with Crippen LogP contribution in [0.25, 0.3) is 0 Å². The lowest BCUT2D eigenvalue weighted by Gasteiger charge is -2.41. The van der Waals surface area contributed by atoms with Crippen LogP contribution in [0.15, 0.2) is 29.1 Å². The Morgan fingerprint density at radius 1 is 1.29 bits per heavy atom. The number of likely N-dealkylation sites (tertiary alicyclic amines) is 1. The molecule has 28 heavy (non-hydrogen) atoms. The van der Waals surface area contributed by atoms with Crippen LogP contribution >= 0.6 is 0 Å². The highest BCUT2D eigenvalue weighted by Gasteiger charge is 2.48. The van der Waals surface area contributed by atoms with Gasteiger partial charge in [-0.2, -0.15) is 5.10 Å². The van der Waals surface area contributed by atoms with E-state index in [0.717, 1.165) is 16.2 Å². The van der Waals surface area contributed by atoms with Gasteiger partial charge in [-0.3, -0.25) is 9.36 Å². The molecular formula is C19H22F2N4O3. The lowest BCUT2D eigenvalue weighted by Crippen LogP contribution is -2.60. The van der Waals surface area contributed by atoms with Crippen molar-refractivity contribution in [1.29, 1.82) is 0 Å². The maximum Gasteiger partial charge on any atom is 0.346 e. The van der Waals surface area contributed by atoms with Crippen LogP contribution in [0.1, 0.15) is 30.3 Å². The molecule has 7 nitrogen and oxygen atoms in total. The number of fused-ring (bicyclic) bond motifs is 1. The van der Waals surface area contributed by atoms with E-state index < -0.39 is 31.0 Å². The molecule has 1 fully saturated rings. The lowest BCUT2D eigenvalue weighted by atomic mass is 10.0. The molecule has 0 spiro atoms. The van der Waals surface area contributed by atoms with Crippen molar-refractivity contribution in [3.05, 3.63) is 46.1 Å². The lowest BCUT2D eigenvalue weighted by molar-refractivity contribution is -0.169. The molecule has 0 bridgehead atoms. The first-order valence-electron chi connectivity index (χ1n) is 9.36. The molecule has 1 saturated heterocycles. The third-order valence-corrected chi connectivity index (χ3v) is 5.34. The van der Waals surface area contributed by atoms with Gasteiger partial charge < -0.3 is 9.64 Å². The number of nitrogens with zero attached hydrogens (tertiary/aromatic N) is 4. The summed E-state index contributed by atoms with van der Waals surface area (Å²) < 4.78 is 34.1. The van der Waals surface area contributed by atoms with Gasteiger partial charge >= 0.3 is 5.69 Å². The molecule has 0 saturated carbocycles. The smallest absolute Gasteiger partial charge is 0.346 e. The largest absolute Gasteiger partial charge is 0.497 e. The van der Waals surface area contributed by atoms with E-state index in [4.69, 9.17) is 4.74 Å². The summed E-state index contributed by atoms with van der Waals surface area (Å²) in [4.78, 5) is 26.6. The van der Waals surface area contributed by atoms with E-state index in [2.05, 4.69) is 5.10 Å². The van der Waals surface area contributed by atoms with Gasteiger partial charge in [-0.25, -0.2) is 18.3 Å². The van der Waals surface area contributed by atoms with Gasteiger partial charge in [0.2, 0.25) is 5.91 Å². The number of aryl methyl sites for hydroxylation is 3. The summed E-state index contributed by atoms with van der Waals surface area (Å²) in [5.41, 5.74) is 0.683. The van der Waals surface area contributed by atoms with Crippen molar-refractivity contribution in [2.45, 2.75) is 44.2 Å². The maximum absolute atomic E-state index is 13.1. The summed E-state index contributed by atoms with van der Waals surface area (Å²) in [6, 6.07) is 6.83. The zero-order valence-electron chi connectivity index (χ0n) is 15.6. The second kappa shape index (κ2) is 7.03. The maximum atomic E-state index is 13.1. The summed E-state index contributed by atoms with van der Waals surface area (Å²) >= 11 is 0. The first kappa shape index (κ1) is 18.6. The van der Waals surface area contributed by atoms with Crippen LogP contribution < -0.4 is 10.4 Å². The summed E-state index contributed by atoms with van der Waals surface area (Å²) in [6.07, 6.45) is 2.38. The molecule has 4 rings (SSSR count). The van der Waals surface area contributed by atoms with E-state index in [0.29, 0.717) is 38.1 Å². The second-order valence-corrected chi connectivity index (χ2v) is 7.35. The normalized spacial score (nSPS) is 20.4. The molecule has 2 aliphatic rings. The molecule has 1 unspecified atom stereocenters. The van der Waals surface area contributed by atoms with E-state index in [1.165, 1.54) is 9.25 Å². The monoisotopic (exact) mass is 392 g/mol. The van der Waals surface area contributed by atoms with E-state index >= 15 is 0 Å². The molecule has 150 valence electrons. The average molecular weight is 392 g/mol. The molecule has 2 aromatic rings.